The molecular weight excluding hydrogens is 360 g/mol. The van der Waals surface area contributed by atoms with E-state index in [9.17, 15) is 16.8 Å². The molecule has 1 atom stereocenters. The minimum Gasteiger partial charge on any atom is -0.212 e. The maximum absolute atomic E-state index is 12.6. The van der Waals surface area contributed by atoms with E-state index in [-0.39, 0.29) is 21.6 Å². The lowest BCUT2D eigenvalue weighted by Crippen LogP contribution is -2.59. The average molecular weight is 385 g/mol. The molecule has 1 aromatic carbocycles. The number of sulfonamides is 2. The Morgan fingerprint density at radius 2 is 1.56 bits per heavy atom. The second-order valence-electron chi connectivity index (χ2n) is 7.53. The summed E-state index contributed by atoms with van der Waals surface area (Å²) in [5.74, 6) is 0. The molecule has 2 saturated carbocycles. The molecule has 138 valence electrons. The molecule has 1 aliphatic heterocycles. The minimum absolute atomic E-state index is 0.0859. The largest absolute Gasteiger partial charge is 0.240 e. The van der Waals surface area contributed by atoms with Crippen molar-refractivity contribution in [3.63, 3.8) is 0 Å². The lowest BCUT2D eigenvalue weighted by molar-refractivity contribution is 0.0239. The van der Waals surface area contributed by atoms with Crippen molar-refractivity contribution in [1.82, 2.24) is 9.03 Å². The van der Waals surface area contributed by atoms with Gasteiger partial charge in [-0.3, -0.25) is 0 Å². The molecule has 0 aromatic heterocycles. The summed E-state index contributed by atoms with van der Waals surface area (Å²) in [5, 5.41) is -0.171. The van der Waals surface area contributed by atoms with Crippen LogP contribution < -0.4 is 4.72 Å². The van der Waals surface area contributed by atoms with Crippen LogP contribution in [0.2, 0.25) is 0 Å². The van der Waals surface area contributed by atoms with Gasteiger partial charge in [0.1, 0.15) is 0 Å². The lowest BCUT2D eigenvalue weighted by Gasteiger charge is -2.53. The molecule has 6 nitrogen and oxygen atoms in total. The Morgan fingerprint density at radius 1 is 0.920 bits per heavy atom. The number of benzene rings is 1. The maximum Gasteiger partial charge on any atom is 0.240 e. The molecule has 1 heterocycles. The van der Waals surface area contributed by atoms with Gasteiger partial charge in [0.15, 0.2) is 0 Å². The molecular formula is C17H24N2O4S2. The molecule has 0 radical (unpaired) electrons. The van der Waals surface area contributed by atoms with Gasteiger partial charge in [-0.15, -0.1) is 0 Å². The van der Waals surface area contributed by atoms with Crippen LogP contribution in [0.3, 0.4) is 0 Å². The molecule has 1 spiro atoms. The van der Waals surface area contributed by atoms with Gasteiger partial charge < -0.3 is 0 Å². The van der Waals surface area contributed by atoms with Gasteiger partial charge in [0.2, 0.25) is 20.0 Å². The van der Waals surface area contributed by atoms with Crippen LogP contribution in [0.1, 0.15) is 38.5 Å². The molecule has 1 N–H and O–H groups in total. The highest BCUT2D eigenvalue weighted by atomic mass is 32.2. The highest BCUT2D eigenvalue weighted by Gasteiger charge is 2.52. The number of nitrogens with one attached hydrogen (secondary N) is 1. The fourth-order valence-corrected chi connectivity index (χ4v) is 7.34. The fraction of sp³-hybridized carbons (Fsp3) is 0.647. The predicted molar refractivity (Wildman–Crippen MR) is 95.0 cm³/mol. The Balaban J connectivity index is 1.43. The van der Waals surface area contributed by atoms with E-state index in [0.717, 1.165) is 38.5 Å². The van der Waals surface area contributed by atoms with Crippen LogP contribution in [0, 0.1) is 5.41 Å². The van der Waals surface area contributed by atoms with Gasteiger partial charge in [-0.05, 0) is 56.1 Å². The van der Waals surface area contributed by atoms with E-state index in [1.54, 1.807) is 34.6 Å². The second kappa shape index (κ2) is 6.04. The zero-order valence-electron chi connectivity index (χ0n) is 14.1. The summed E-state index contributed by atoms with van der Waals surface area (Å²) < 4.78 is 54.4. The highest BCUT2D eigenvalue weighted by Crippen LogP contribution is 2.50. The Labute approximate surface area is 149 Å². The lowest BCUT2D eigenvalue weighted by atomic mass is 9.60. The first-order valence-electron chi connectivity index (χ1n) is 8.90. The van der Waals surface area contributed by atoms with Crippen LogP contribution in [0.4, 0.5) is 0 Å². The van der Waals surface area contributed by atoms with E-state index in [1.165, 1.54) is 0 Å². The summed E-state index contributed by atoms with van der Waals surface area (Å²) >= 11 is 0. The van der Waals surface area contributed by atoms with Crippen LogP contribution >= 0.6 is 0 Å². The summed E-state index contributed by atoms with van der Waals surface area (Å²) in [6.45, 7) is 1.03. The molecule has 2 aliphatic carbocycles. The van der Waals surface area contributed by atoms with Crippen molar-refractivity contribution >= 4 is 20.0 Å². The number of hydrogen-bond acceptors (Lipinski definition) is 4. The van der Waals surface area contributed by atoms with Gasteiger partial charge >= 0.3 is 0 Å². The SMILES string of the molecule is O=S(=O)(N[C@@H]1CCC12CCN(S(=O)(=O)C1CC1)CC2)c1ccccc1. The molecule has 1 aromatic rings. The summed E-state index contributed by atoms with van der Waals surface area (Å²) in [6.07, 6.45) is 4.82. The van der Waals surface area contributed by atoms with E-state index >= 15 is 0 Å². The zero-order valence-corrected chi connectivity index (χ0v) is 15.7. The van der Waals surface area contributed by atoms with Crippen molar-refractivity contribution in [2.24, 2.45) is 5.41 Å². The molecule has 4 rings (SSSR count). The summed E-state index contributed by atoms with van der Waals surface area (Å²) in [4.78, 5) is 0.283. The van der Waals surface area contributed by atoms with Crippen LogP contribution in [-0.4, -0.2) is 45.5 Å². The van der Waals surface area contributed by atoms with Gasteiger partial charge in [0, 0.05) is 19.1 Å². The summed E-state index contributed by atoms with van der Waals surface area (Å²) in [7, 11) is -6.65. The molecule has 3 fully saturated rings. The monoisotopic (exact) mass is 384 g/mol. The number of rotatable bonds is 5. The quantitative estimate of drug-likeness (QED) is 0.838. The smallest absolute Gasteiger partial charge is 0.212 e. The van der Waals surface area contributed by atoms with Gasteiger partial charge in [-0.1, -0.05) is 18.2 Å². The Morgan fingerprint density at radius 3 is 2.08 bits per heavy atom. The minimum atomic E-state index is -3.52. The van der Waals surface area contributed by atoms with Crippen molar-refractivity contribution < 1.29 is 16.8 Å². The van der Waals surface area contributed by atoms with Crippen molar-refractivity contribution in [3.8, 4) is 0 Å². The first-order valence-corrected chi connectivity index (χ1v) is 11.9. The number of piperidine rings is 1. The third kappa shape index (κ3) is 3.13. The van der Waals surface area contributed by atoms with E-state index in [4.69, 9.17) is 0 Å². The molecule has 0 bridgehead atoms. The first kappa shape index (κ1) is 17.5. The molecule has 25 heavy (non-hydrogen) atoms. The van der Waals surface area contributed by atoms with Gasteiger partial charge in [0.05, 0.1) is 10.1 Å². The molecule has 0 unspecified atom stereocenters. The van der Waals surface area contributed by atoms with E-state index in [2.05, 4.69) is 4.72 Å². The Bertz CT molecular complexity index is 840. The topological polar surface area (TPSA) is 83.6 Å². The van der Waals surface area contributed by atoms with Gasteiger partial charge in [-0.2, -0.15) is 0 Å². The van der Waals surface area contributed by atoms with Crippen molar-refractivity contribution in [2.45, 2.75) is 54.7 Å². The van der Waals surface area contributed by atoms with Crippen LogP contribution in [0.15, 0.2) is 35.2 Å². The Hall–Kier alpha value is -0.960. The van der Waals surface area contributed by atoms with Gasteiger partial charge in [-0.25, -0.2) is 25.9 Å². The zero-order chi connectivity index (χ0) is 17.7. The molecule has 1 saturated heterocycles. The van der Waals surface area contributed by atoms with E-state index in [1.807, 2.05) is 0 Å². The predicted octanol–water partition coefficient (Wildman–Crippen LogP) is 1.70. The third-order valence-corrected chi connectivity index (χ3v) is 9.93. The maximum atomic E-state index is 12.6. The third-order valence-electron chi connectivity index (χ3n) is 6.04. The highest BCUT2D eigenvalue weighted by molar-refractivity contribution is 7.90. The number of hydrogen-bond donors (Lipinski definition) is 1. The van der Waals surface area contributed by atoms with Crippen molar-refractivity contribution in [2.75, 3.05) is 13.1 Å². The molecule has 0 amide bonds. The summed E-state index contributed by atoms with van der Waals surface area (Å²) in [5.41, 5.74) is -0.0859. The Kier molecular flexibility index (Phi) is 4.22. The van der Waals surface area contributed by atoms with Gasteiger partial charge in [0.25, 0.3) is 0 Å². The van der Waals surface area contributed by atoms with E-state index < -0.39 is 20.0 Å². The van der Waals surface area contributed by atoms with Crippen molar-refractivity contribution in [1.29, 1.82) is 0 Å². The van der Waals surface area contributed by atoms with Crippen LogP contribution in [0.5, 0.6) is 0 Å². The van der Waals surface area contributed by atoms with E-state index in [0.29, 0.717) is 13.1 Å². The van der Waals surface area contributed by atoms with Crippen LogP contribution in [0.25, 0.3) is 0 Å². The standard InChI is InChI=1S/C17H24N2O4S2/c20-24(21,14-4-2-1-3-5-14)18-16-8-9-17(16)10-12-19(13-11-17)25(22,23)15-6-7-15/h1-5,15-16,18H,6-13H2/t16-/m1/s1. The van der Waals surface area contributed by atoms with Crippen molar-refractivity contribution in [3.05, 3.63) is 30.3 Å². The van der Waals surface area contributed by atoms with Crippen LogP contribution in [-0.2, 0) is 20.0 Å². The average Bonchev–Trinajstić information content (AvgIpc) is 3.45. The molecule has 3 aliphatic rings. The normalized spacial score (nSPS) is 27.1. The molecule has 8 heteroatoms. The summed E-state index contributed by atoms with van der Waals surface area (Å²) in [6, 6.07) is 8.32. The first-order chi connectivity index (χ1) is 11.8. The number of nitrogens with zero attached hydrogens (tertiary/aromatic N) is 1. The fourth-order valence-electron chi connectivity index (χ4n) is 4.10. The second-order valence-corrected chi connectivity index (χ2v) is 11.5.